The Balaban J connectivity index is 2.35. The number of benzene rings is 1. The molecular weight excluding hydrogens is 158 g/mol. The lowest BCUT2D eigenvalue weighted by atomic mass is 10.1. The van der Waals surface area contributed by atoms with Gasteiger partial charge in [-0.05, 0) is 30.5 Å². The van der Waals surface area contributed by atoms with E-state index >= 15 is 0 Å². The van der Waals surface area contributed by atoms with Crippen molar-refractivity contribution in [2.24, 2.45) is 5.92 Å². The van der Waals surface area contributed by atoms with Gasteiger partial charge in [-0.3, -0.25) is 0 Å². The van der Waals surface area contributed by atoms with Gasteiger partial charge in [-0.25, -0.2) is 0 Å². The van der Waals surface area contributed by atoms with E-state index in [4.69, 9.17) is 0 Å². The smallest absolute Gasteiger partial charge is 0.0208 e. The second kappa shape index (κ2) is 5.03. The molecule has 0 heterocycles. The van der Waals surface area contributed by atoms with Gasteiger partial charge < -0.3 is 5.32 Å². The summed E-state index contributed by atoms with van der Waals surface area (Å²) in [5.74, 6) is 0.688. The predicted octanol–water partition coefficient (Wildman–Crippen LogP) is 2.62. The molecule has 0 aliphatic carbocycles. The first kappa shape index (κ1) is 10.3. The summed E-state index contributed by atoms with van der Waals surface area (Å²) < 4.78 is 0. The highest BCUT2D eigenvalue weighted by atomic mass is 14.9. The highest BCUT2D eigenvalue weighted by Gasteiger charge is 2.04. The summed E-state index contributed by atoms with van der Waals surface area (Å²) in [5.41, 5.74) is 1.30. The van der Waals surface area contributed by atoms with E-state index in [9.17, 15) is 0 Å². The molecule has 0 spiro atoms. The van der Waals surface area contributed by atoms with Crippen LogP contribution in [0.2, 0.25) is 0 Å². The first-order chi connectivity index (χ1) is 6.20. The van der Waals surface area contributed by atoms with E-state index in [0.717, 1.165) is 6.54 Å². The van der Waals surface area contributed by atoms with Crippen molar-refractivity contribution in [2.75, 3.05) is 0 Å². The van der Waals surface area contributed by atoms with Crippen LogP contribution in [-0.2, 0) is 6.54 Å². The molecule has 71 valence electrons. The van der Waals surface area contributed by atoms with Gasteiger partial charge in [0.05, 0.1) is 0 Å². The molecular formula is C12H18N. The molecule has 1 heteroatoms. The summed E-state index contributed by atoms with van der Waals surface area (Å²) in [6.07, 6.45) is 0. The van der Waals surface area contributed by atoms with Gasteiger partial charge in [0.2, 0.25) is 0 Å². The highest BCUT2D eigenvalue weighted by molar-refractivity contribution is 5.13. The molecule has 0 aromatic heterocycles. The Morgan fingerprint density at radius 3 is 2.69 bits per heavy atom. The minimum Gasteiger partial charge on any atom is -0.310 e. The van der Waals surface area contributed by atoms with Crippen molar-refractivity contribution in [1.82, 2.24) is 5.32 Å². The zero-order valence-electron chi connectivity index (χ0n) is 8.67. The van der Waals surface area contributed by atoms with Crippen molar-refractivity contribution in [2.45, 2.75) is 33.4 Å². The van der Waals surface area contributed by atoms with E-state index in [1.807, 2.05) is 18.2 Å². The van der Waals surface area contributed by atoms with Crippen LogP contribution in [0.25, 0.3) is 0 Å². The average Bonchev–Trinajstić information content (AvgIpc) is 2.15. The third-order valence-corrected chi connectivity index (χ3v) is 2.40. The summed E-state index contributed by atoms with van der Waals surface area (Å²) in [4.78, 5) is 0. The van der Waals surface area contributed by atoms with Crippen LogP contribution in [0.15, 0.2) is 24.3 Å². The Morgan fingerprint density at radius 1 is 1.38 bits per heavy atom. The Labute approximate surface area is 81.2 Å². The zero-order valence-corrected chi connectivity index (χ0v) is 8.67. The van der Waals surface area contributed by atoms with Crippen LogP contribution >= 0.6 is 0 Å². The molecule has 1 nitrogen and oxygen atoms in total. The minimum absolute atomic E-state index is 0.570. The van der Waals surface area contributed by atoms with Crippen LogP contribution < -0.4 is 5.32 Å². The van der Waals surface area contributed by atoms with Crippen molar-refractivity contribution < 1.29 is 0 Å². The van der Waals surface area contributed by atoms with Crippen molar-refractivity contribution in [3.8, 4) is 0 Å². The monoisotopic (exact) mass is 176 g/mol. The number of nitrogens with one attached hydrogen (secondary N) is 1. The second-order valence-electron chi connectivity index (χ2n) is 3.83. The van der Waals surface area contributed by atoms with Crippen LogP contribution in [0.1, 0.15) is 26.3 Å². The van der Waals surface area contributed by atoms with Crippen LogP contribution in [0.3, 0.4) is 0 Å². The topological polar surface area (TPSA) is 12.0 Å². The molecule has 1 atom stereocenters. The van der Waals surface area contributed by atoms with Gasteiger partial charge in [0.15, 0.2) is 0 Å². The maximum Gasteiger partial charge on any atom is 0.0208 e. The molecule has 1 N–H and O–H groups in total. The number of hydrogen-bond donors (Lipinski definition) is 1. The van der Waals surface area contributed by atoms with E-state index in [-0.39, 0.29) is 0 Å². The summed E-state index contributed by atoms with van der Waals surface area (Å²) >= 11 is 0. The van der Waals surface area contributed by atoms with E-state index in [1.54, 1.807) is 0 Å². The van der Waals surface area contributed by atoms with Crippen molar-refractivity contribution in [3.63, 3.8) is 0 Å². The predicted molar refractivity (Wildman–Crippen MR) is 56.4 cm³/mol. The highest BCUT2D eigenvalue weighted by Crippen LogP contribution is 2.02. The molecule has 1 aromatic carbocycles. The summed E-state index contributed by atoms with van der Waals surface area (Å²) in [6.45, 7) is 7.62. The van der Waals surface area contributed by atoms with Gasteiger partial charge in [-0.2, -0.15) is 0 Å². The second-order valence-corrected chi connectivity index (χ2v) is 3.83. The molecule has 0 amide bonds. The Kier molecular flexibility index (Phi) is 3.97. The first-order valence-corrected chi connectivity index (χ1v) is 4.88. The lowest BCUT2D eigenvalue weighted by Gasteiger charge is -2.17. The normalized spacial score (nSPS) is 13.2. The molecule has 0 saturated carbocycles. The lowest BCUT2D eigenvalue weighted by Crippen LogP contribution is -2.30. The average molecular weight is 176 g/mol. The van der Waals surface area contributed by atoms with Gasteiger partial charge in [-0.1, -0.05) is 32.0 Å². The molecule has 13 heavy (non-hydrogen) atoms. The number of rotatable bonds is 4. The maximum atomic E-state index is 3.48. The summed E-state index contributed by atoms with van der Waals surface area (Å²) in [6, 6.07) is 11.7. The zero-order chi connectivity index (χ0) is 9.68. The molecule has 0 aliphatic rings. The molecule has 0 saturated heterocycles. The number of hydrogen-bond acceptors (Lipinski definition) is 1. The fourth-order valence-electron chi connectivity index (χ4n) is 1.06. The maximum absolute atomic E-state index is 3.48. The van der Waals surface area contributed by atoms with E-state index < -0.39 is 0 Å². The molecule has 1 radical (unpaired) electrons. The molecule has 0 aliphatic heterocycles. The van der Waals surface area contributed by atoms with E-state index in [1.165, 1.54) is 5.56 Å². The van der Waals surface area contributed by atoms with Gasteiger partial charge >= 0.3 is 0 Å². The first-order valence-electron chi connectivity index (χ1n) is 4.88. The van der Waals surface area contributed by atoms with Crippen molar-refractivity contribution >= 4 is 0 Å². The molecule has 1 aromatic rings. The third kappa shape index (κ3) is 3.60. The standard InChI is InChI=1S/C12H18N/c1-10(2)11(3)13-9-12-7-5-4-6-8-12/h4-5,7-8,10-11,13H,9H2,1-3H3. The fraction of sp³-hybridized carbons (Fsp3) is 0.500. The summed E-state index contributed by atoms with van der Waals surface area (Å²) in [7, 11) is 0. The lowest BCUT2D eigenvalue weighted by molar-refractivity contribution is 0.426. The fourth-order valence-corrected chi connectivity index (χ4v) is 1.06. The molecule has 1 rings (SSSR count). The minimum atomic E-state index is 0.570. The third-order valence-electron chi connectivity index (χ3n) is 2.40. The summed E-state index contributed by atoms with van der Waals surface area (Å²) in [5, 5.41) is 3.48. The van der Waals surface area contributed by atoms with E-state index in [0.29, 0.717) is 12.0 Å². The quantitative estimate of drug-likeness (QED) is 0.743. The van der Waals surface area contributed by atoms with Crippen LogP contribution in [0.5, 0.6) is 0 Å². The SMILES string of the molecule is CC(C)C(C)NCc1c[c]ccc1. The van der Waals surface area contributed by atoms with Gasteiger partial charge in [0.1, 0.15) is 0 Å². The van der Waals surface area contributed by atoms with Gasteiger partial charge in [-0.15, -0.1) is 0 Å². The van der Waals surface area contributed by atoms with E-state index in [2.05, 4.69) is 38.2 Å². The molecule has 1 unspecified atom stereocenters. The van der Waals surface area contributed by atoms with Gasteiger partial charge in [0.25, 0.3) is 0 Å². The van der Waals surface area contributed by atoms with Crippen molar-refractivity contribution in [1.29, 1.82) is 0 Å². The van der Waals surface area contributed by atoms with Crippen LogP contribution in [-0.4, -0.2) is 6.04 Å². The Morgan fingerprint density at radius 2 is 2.15 bits per heavy atom. The Bertz CT molecular complexity index is 228. The van der Waals surface area contributed by atoms with Crippen LogP contribution in [0.4, 0.5) is 0 Å². The molecule has 0 fully saturated rings. The van der Waals surface area contributed by atoms with Crippen molar-refractivity contribution in [3.05, 3.63) is 35.9 Å². The molecule has 0 bridgehead atoms. The largest absolute Gasteiger partial charge is 0.310 e. The van der Waals surface area contributed by atoms with Gasteiger partial charge in [0, 0.05) is 12.6 Å². The Hall–Kier alpha value is -0.820. The van der Waals surface area contributed by atoms with Crippen LogP contribution in [0, 0.1) is 12.0 Å².